The molecule has 1 aromatic heterocycles. The number of hydrogen-bond acceptors (Lipinski definition) is 3. The summed E-state index contributed by atoms with van der Waals surface area (Å²) in [6.45, 7) is 0.262. The van der Waals surface area contributed by atoms with Crippen molar-refractivity contribution in [3.8, 4) is 5.75 Å². The molecular formula is C14H12Cl2N2O2. The quantitative estimate of drug-likeness (QED) is 0.942. The number of halogens is 2. The topological polar surface area (TPSA) is 51.2 Å². The van der Waals surface area contributed by atoms with Gasteiger partial charge in [-0.05, 0) is 23.8 Å². The molecule has 0 aliphatic heterocycles. The number of carbonyl (C=O) groups excluding carboxylic acids is 1. The van der Waals surface area contributed by atoms with Gasteiger partial charge in [0.05, 0.1) is 12.1 Å². The van der Waals surface area contributed by atoms with Gasteiger partial charge in [-0.1, -0.05) is 29.3 Å². The Hall–Kier alpha value is -1.78. The fraction of sp³-hybridized carbons (Fsp3) is 0.143. The minimum Gasteiger partial charge on any atom is -0.495 e. The molecule has 4 nitrogen and oxygen atoms in total. The fourth-order valence-electron chi connectivity index (χ4n) is 1.62. The minimum atomic E-state index is -0.270. The first-order chi connectivity index (χ1) is 9.61. The van der Waals surface area contributed by atoms with Crippen LogP contribution in [0.15, 0.2) is 36.5 Å². The van der Waals surface area contributed by atoms with Crippen molar-refractivity contribution in [2.24, 2.45) is 0 Å². The Morgan fingerprint density at radius 1 is 1.30 bits per heavy atom. The van der Waals surface area contributed by atoms with Crippen molar-refractivity contribution in [3.63, 3.8) is 0 Å². The van der Waals surface area contributed by atoms with E-state index in [1.807, 2.05) is 0 Å². The maximum Gasteiger partial charge on any atom is 0.270 e. The largest absolute Gasteiger partial charge is 0.495 e. The first-order valence-corrected chi connectivity index (χ1v) is 6.58. The average molecular weight is 311 g/mol. The summed E-state index contributed by atoms with van der Waals surface area (Å²) < 4.78 is 5.06. The highest BCUT2D eigenvalue weighted by Gasteiger charge is 2.10. The third-order valence-electron chi connectivity index (χ3n) is 2.66. The summed E-state index contributed by atoms with van der Waals surface area (Å²) in [5, 5.41) is 3.66. The first kappa shape index (κ1) is 14.6. The smallest absolute Gasteiger partial charge is 0.270 e. The summed E-state index contributed by atoms with van der Waals surface area (Å²) in [4.78, 5) is 15.8. The van der Waals surface area contributed by atoms with Crippen LogP contribution in [0, 0.1) is 0 Å². The molecule has 1 amide bonds. The molecule has 1 N–H and O–H groups in total. The van der Waals surface area contributed by atoms with Crippen molar-refractivity contribution >= 4 is 29.1 Å². The van der Waals surface area contributed by atoms with E-state index in [4.69, 9.17) is 27.9 Å². The molecule has 1 heterocycles. The van der Waals surface area contributed by atoms with Crippen LogP contribution in [0.1, 0.15) is 16.1 Å². The van der Waals surface area contributed by atoms with E-state index in [0.29, 0.717) is 27.1 Å². The Bertz CT molecular complexity index is 618. The van der Waals surface area contributed by atoms with E-state index in [0.717, 1.165) is 0 Å². The zero-order valence-electron chi connectivity index (χ0n) is 10.7. The first-order valence-electron chi connectivity index (χ1n) is 5.83. The number of aromatic nitrogens is 1. The summed E-state index contributed by atoms with van der Waals surface area (Å²) in [5.74, 6) is 0.227. The van der Waals surface area contributed by atoms with Crippen LogP contribution in [0.5, 0.6) is 5.75 Å². The van der Waals surface area contributed by atoms with Crippen molar-refractivity contribution in [2.75, 3.05) is 7.11 Å². The molecule has 0 aliphatic carbocycles. The maximum atomic E-state index is 11.9. The highest BCUT2D eigenvalue weighted by Crippen LogP contribution is 2.30. The van der Waals surface area contributed by atoms with E-state index in [-0.39, 0.29) is 12.5 Å². The van der Waals surface area contributed by atoms with Gasteiger partial charge in [0, 0.05) is 23.8 Å². The summed E-state index contributed by atoms with van der Waals surface area (Å²) in [5.41, 5.74) is 1.06. The number of pyridine rings is 1. The number of rotatable bonds is 4. The van der Waals surface area contributed by atoms with Crippen LogP contribution in [0.25, 0.3) is 0 Å². The van der Waals surface area contributed by atoms with Crippen LogP contribution in [-0.2, 0) is 6.54 Å². The van der Waals surface area contributed by atoms with Crippen molar-refractivity contribution in [2.45, 2.75) is 6.54 Å². The number of carbonyl (C=O) groups is 1. The maximum absolute atomic E-state index is 11.9. The van der Waals surface area contributed by atoms with E-state index in [1.54, 1.807) is 36.5 Å². The molecule has 0 aliphatic rings. The molecule has 0 fully saturated rings. The van der Waals surface area contributed by atoms with E-state index >= 15 is 0 Å². The van der Waals surface area contributed by atoms with Gasteiger partial charge in [-0.2, -0.15) is 0 Å². The third-order valence-corrected chi connectivity index (χ3v) is 3.30. The molecule has 0 bridgehead atoms. The number of benzene rings is 1. The number of ether oxygens (including phenoxy) is 1. The van der Waals surface area contributed by atoms with Gasteiger partial charge in [0.15, 0.2) is 0 Å². The second kappa shape index (κ2) is 6.59. The molecule has 0 saturated carbocycles. The molecule has 2 rings (SSSR count). The van der Waals surface area contributed by atoms with Gasteiger partial charge in [-0.3, -0.25) is 9.78 Å². The van der Waals surface area contributed by atoms with Crippen molar-refractivity contribution < 1.29 is 9.53 Å². The molecule has 104 valence electrons. The summed E-state index contributed by atoms with van der Waals surface area (Å²) in [6.07, 6.45) is 1.56. The van der Waals surface area contributed by atoms with Crippen molar-refractivity contribution in [3.05, 3.63) is 57.8 Å². The highest BCUT2D eigenvalue weighted by atomic mass is 35.5. The molecule has 0 radical (unpaired) electrons. The zero-order valence-corrected chi connectivity index (χ0v) is 12.2. The third kappa shape index (κ3) is 3.40. The van der Waals surface area contributed by atoms with Crippen LogP contribution in [-0.4, -0.2) is 18.0 Å². The van der Waals surface area contributed by atoms with Gasteiger partial charge in [0.25, 0.3) is 5.91 Å². The second-order valence-corrected chi connectivity index (χ2v) is 4.79. The minimum absolute atomic E-state index is 0.262. The van der Waals surface area contributed by atoms with Crippen LogP contribution in [0.2, 0.25) is 10.0 Å². The fourth-order valence-corrected chi connectivity index (χ4v) is 2.11. The van der Waals surface area contributed by atoms with E-state index in [1.165, 1.54) is 7.11 Å². The Morgan fingerprint density at radius 2 is 2.10 bits per heavy atom. The van der Waals surface area contributed by atoms with Crippen LogP contribution < -0.4 is 10.1 Å². The van der Waals surface area contributed by atoms with Crippen LogP contribution >= 0.6 is 23.2 Å². The lowest BCUT2D eigenvalue weighted by atomic mass is 10.2. The standard InChI is InChI=1S/C14H12Cl2N2O2/c1-20-13-7-10(15)9(6-11(13)16)8-18-14(19)12-4-2-3-5-17-12/h2-7H,8H2,1H3,(H,18,19). The summed E-state index contributed by atoms with van der Waals surface area (Å²) in [6, 6.07) is 8.42. The molecule has 0 unspecified atom stereocenters. The Kier molecular flexibility index (Phi) is 4.82. The molecule has 1 aromatic carbocycles. The second-order valence-electron chi connectivity index (χ2n) is 3.98. The van der Waals surface area contributed by atoms with Gasteiger partial charge in [0.1, 0.15) is 11.4 Å². The Balaban J connectivity index is 2.08. The number of hydrogen-bond donors (Lipinski definition) is 1. The monoisotopic (exact) mass is 310 g/mol. The highest BCUT2D eigenvalue weighted by molar-refractivity contribution is 6.34. The molecule has 20 heavy (non-hydrogen) atoms. The SMILES string of the molecule is COc1cc(Cl)c(CNC(=O)c2ccccn2)cc1Cl. The number of nitrogens with one attached hydrogen (secondary N) is 1. The van der Waals surface area contributed by atoms with Gasteiger partial charge < -0.3 is 10.1 Å². The van der Waals surface area contributed by atoms with E-state index in [9.17, 15) is 4.79 Å². The van der Waals surface area contributed by atoms with E-state index < -0.39 is 0 Å². The predicted molar refractivity (Wildman–Crippen MR) is 78.4 cm³/mol. The number of amides is 1. The lowest BCUT2D eigenvalue weighted by molar-refractivity contribution is 0.0946. The lowest BCUT2D eigenvalue weighted by Crippen LogP contribution is -2.23. The Morgan fingerprint density at radius 3 is 2.75 bits per heavy atom. The van der Waals surface area contributed by atoms with Crippen molar-refractivity contribution in [1.29, 1.82) is 0 Å². The predicted octanol–water partition coefficient (Wildman–Crippen LogP) is 3.33. The zero-order chi connectivity index (χ0) is 14.5. The van der Waals surface area contributed by atoms with Crippen LogP contribution in [0.4, 0.5) is 0 Å². The normalized spacial score (nSPS) is 10.2. The number of methoxy groups -OCH3 is 1. The van der Waals surface area contributed by atoms with Crippen LogP contribution in [0.3, 0.4) is 0 Å². The molecular weight excluding hydrogens is 299 g/mol. The van der Waals surface area contributed by atoms with Gasteiger partial charge in [-0.25, -0.2) is 0 Å². The molecule has 0 saturated heterocycles. The molecule has 0 spiro atoms. The lowest BCUT2D eigenvalue weighted by Gasteiger charge is -2.10. The van der Waals surface area contributed by atoms with Gasteiger partial charge >= 0.3 is 0 Å². The summed E-state index contributed by atoms with van der Waals surface area (Å²) in [7, 11) is 1.51. The Labute approximate surface area is 126 Å². The average Bonchev–Trinajstić information content (AvgIpc) is 2.48. The molecule has 0 atom stereocenters. The molecule has 6 heteroatoms. The number of nitrogens with zero attached hydrogens (tertiary/aromatic N) is 1. The van der Waals surface area contributed by atoms with E-state index in [2.05, 4.69) is 10.3 Å². The summed E-state index contributed by atoms with van der Waals surface area (Å²) >= 11 is 12.1. The van der Waals surface area contributed by atoms with Crippen molar-refractivity contribution in [1.82, 2.24) is 10.3 Å². The molecule has 2 aromatic rings. The van der Waals surface area contributed by atoms with Gasteiger partial charge in [0.2, 0.25) is 0 Å². The van der Waals surface area contributed by atoms with Gasteiger partial charge in [-0.15, -0.1) is 0 Å².